The number of hydrogen-bond acceptors (Lipinski definition) is 2. The molecule has 0 aromatic heterocycles. The van der Waals surface area contributed by atoms with Gasteiger partial charge in [-0.1, -0.05) is 56.3 Å². The van der Waals surface area contributed by atoms with Gasteiger partial charge in [0.15, 0.2) is 0 Å². The van der Waals surface area contributed by atoms with Gasteiger partial charge in [0.2, 0.25) is 0 Å². The number of aliphatic hydroxyl groups is 1. The lowest BCUT2D eigenvalue weighted by atomic mass is 10.1. The van der Waals surface area contributed by atoms with Crippen LogP contribution in [0.3, 0.4) is 0 Å². The molecule has 0 saturated carbocycles. The Morgan fingerprint density at radius 3 is 2.50 bits per heavy atom. The molecule has 0 radical (unpaired) electrons. The lowest BCUT2D eigenvalue weighted by Crippen LogP contribution is -2.06. The lowest BCUT2D eigenvalue weighted by molar-refractivity contribution is 0.307. The summed E-state index contributed by atoms with van der Waals surface area (Å²) in [6.45, 7) is 4.55. The van der Waals surface area contributed by atoms with Crippen LogP contribution in [0, 0.1) is 5.92 Å². The summed E-state index contributed by atoms with van der Waals surface area (Å²) in [5.74, 6) is 1.66. The second-order valence-corrected chi connectivity index (χ2v) is 6.16. The van der Waals surface area contributed by atoms with E-state index in [9.17, 15) is 5.11 Å². The summed E-state index contributed by atoms with van der Waals surface area (Å²) in [6.07, 6.45) is 6.60. The van der Waals surface area contributed by atoms with Crippen molar-refractivity contribution in [2.45, 2.75) is 31.9 Å². The predicted molar refractivity (Wildman–Crippen MR) is 82.1 cm³/mol. The third kappa shape index (κ3) is 6.87. The molecule has 1 nitrogen and oxygen atoms in total. The molecule has 2 heteroatoms. The molecule has 0 unspecified atom stereocenters. The smallest absolute Gasteiger partial charge is 0.0585 e. The van der Waals surface area contributed by atoms with E-state index in [1.165, 1.54) is 12.0 Å². The van der Waals surface area contributed by atoms with E-state index in [4.69, 9.17) is 0 Å². The van der Waals surface area contributed by atoms with Crippen LogP contribution >= 0.6 is 11.8 Å². The van der Waals surface area contributed by atoms with E-state index in [-0.39, 0.29) is 11.9 Å². The average molecular weight is 264 g/mol. The molecule has 0 aliphatic carbocycles. The fraction of sp³-hybridized carbons (Fsp3) is 0.500. The standard InChI is InChI=1S/C16H24OS/c1-14(2)10-11-16(13-17)18-12-6-9-15-7-4-3-5-8-15/h3-5,7-8,10-11,14,16-17H,6,9,12-13H2,1-2H3/b11-10+/t16-/m0/s1. The highest BCUT2D eigenvalue weighted by molar-refractivity contribution is 8.00. The number of aryl methyl sites for hydroxylation is 1. The van der Waals surface area contributed by atoms with E-state index < -0.39 is 0 Å². The summed E-state index contributed by atoms with van der Waals surface area (Å²) in [5.41, 5.74) is 1.40. The van der Waals surface area contributed by atoms with Crippen molar-refractivity contribution in [1.82, 2.24) is 0 Å². The molecular weight excluding hydrogens is 240 g/mol. The largest absolute Gasteiger partial charge is 0.395 e. The molecular formula is C16H24OS. The van der Waals surface area contributed by atoms with E-state index in [0.29, 0.717) is 5.92 Å². The molecule has 100 valence electrons. The summed E-state index contributed by atoms with van der Waals surface area (Å²) in [6, 6.07) is 10.6. The predicted octanol–water partition coefficient (Wildman–Crippen LogP) is 3.93. The number of benzene rings is 1. The van der Waals surface area contributed by atoms with Crippen LogP contribution in [0.15, 0.2) is 42.5 Å². The molecule has 1 atom stereocenters. The van der Waals surface area contributed by atoms with E-state index in [1.54, 1.807) is 0 Å². The third-order valence-corrected chi connectivity index (χ3v) is 3.93. The monoisotopic (exact) mass is 264 g/mol. The van der Waals surface area contributed by atoms with E-state index in [0.717, 1.165) is 12.2 Å². The van der Waals surface area contributed by atoms with Gasteiger partial charge < -0.3 is 5.11 Å². The second kappa shape index (κ2) is 9.23. The average Bonchev–Trinajstić information content (AvgIpc) is 2.39. The van der Waals surface area contributed by atoms with Crippen LogP contribution in [0.25, 0.3) is 0 Å². The molecule has 0 aliphatic rings. The molecule has 1 N–H and O–H groups in total. The van der Waals surface area contributed by atoms with Crippen LogP contribution in [0.1, 0.15) is 25.8 Å². The first-order valence-corrected chi connectivity index (χ1v) is 7.72. The molecule has 0 heterocycles. The van der Waals surface area contributed by atoms with Crippen molar-refractivity contribution >= 4 is 11.8 Å². The van der Waals surface area contributed by atoms with Crippen molar-refractivity contribution in [2.24, 2.45) is 5.92 Å². The second-order valence-electron chi connectivity index (χ2n) is 4.81. The molecule has 0 saturated heterocycles. The van der Waals surface area contributed by atoms with Crippen LogP contribution in [0.2, 0.25) is 0 Å². The van der Waals surface area contributed by atoms with Crippen molar-refractivity contribution in [3.8, 4) is 0 Å². The van der Waals surface area contributed by atoms with Crippen LogP contribution in [0.5, 0.6) is 0 Å². The van der Waals surface area contributed by atoms with Crippen LogP contribution in [0.4, 0.5) is 0 Å². The maximum absolute atomic E-state index is 9.28. The molecule has 1 aromatic carbocycles. The van der Waals surface area contributed by atoms with E-state index >= 15 is 0 Å². The first-order chi connectivity index (χ1) is 8.72. The van der Waals surface area contributed by atoms with Gasteiger partial charge in [-0.2, -0.15) is 11.8 Å². The van der Waals surface area contributed by atoms with Gasteiger partial charge in [-0.05, 0) is 30.1 Å². The molecule has 1 rings (SSSR count). The first-order valence-electron chi connectivity index (χ1n) is 6.67. The van der Waals surface area contributed by atoms with Crippen molar-refractivity contribution in [3.05, 3.63) is 48.0 Å². The van der Waals surface area contributed by atoms with Gasteiger partial charge in [-0.3, -0.25) is 0 Å². The van der Waals surface area contributed by atoms with Crippen LogP contribution < -0.4 is 0 Å². The Labute approximate surface area is 115 Å². The molecule has 0 aliphatic heterocycles. The van der Waals surface area contributed by atoms with Crippen molar-refractivity contribution in [3.63, 3.8) is 0 Å². The van der Waals surface area contributed by atoms with Gasteiger partial charge in [-0.15, -0.1) is 0 Å². The highest BCUT2D eigenvalue weighted by atomic mass is 32.2. The van der Waals surface area contributed by atoms with Gasteiger partial charge in [-0.25, -0.2) is 0 Å². The zero-order chi connectivity index (χ0) is 13.2. The van der Waals surface area contributed by atoms with Gasteiger partial charge in [0.25, 0.3) is 0 Å². The summed E-state index contributed by atoms with van der Waals surface area (Å²) >= 11 is 1.85. The van der Waals surface area contributed by atoms with Gasteiger partial charge in [0.05, 0.1) is 6.61 Å². The Bertz CT molecular complexity index is 332. The van der Waals surface area contributed by atoms with E-state index in [1.807, 2.05) is 11.8 Å². The maximum Gasteiger partial charge on any atom is 0.0585 e. The third-order valence-electron chi connectivity index (χ3n) is 2.68. The Balaban J connectivity index is 2.20. The van der Waals surface area contributed by atoms with Gasteiger partial charge in [0, 0.05) is 5.25 Å². The van der Waals surface area contributed by atoms with Gasteiger partial charge >= 0.3 is 0 Å². The maximum atomic E-state index is 9.28. The minimum atomic E-state index is 0.235. The molecule has 18 heavy (non-hydrogen) atoms. The van der Waals surface area contributed by atoms with Crippen molar-refractivity contribution in [1.29, 1.82) is 0 Å². The van der Waals surface area contributed by atoms with Crippen molar-refractivity contribution in [2.75, 3.05) is 12.4 Å². The topological polar surface area (TPSA) is 20.2 Å². The normalized spacial score (nSPS) is 13.3. The Hall–Kier alpha value is -0.730. The molecule has 1 aromatic rings. The summed E-state index contributed by atoms with van der Waals surface area (Å²) in [7, 11) is 0. The zero-order valence-electron chi connectivity index (χ0n) is 11.4. The number of aliphatic hydroxyl groups excluding tert-OH is 1. The van der Waals surface area contributed by atoms with Crippen LogP contribution in [-0.2, 0) is 6.42 Å². The van der Waals surface area contributed by atoms with Crippen molar-refractivity contribution < 1.29 is 5.11 Å². The first kappa shape index (κ1) is 15.3. The Morgan fingerprint density at radius 2 is 1.89 bits per heavy atom. The molecule has 0 bridgehead atoms. The number of allylic oxidation sites excluding steroid dienone is 1. The minimum Gasteiger partial charge on any atom is -0.395 e. The van der Waals surface area contributed by atoms with Crippen LogP contribution in [-0.4, -0.2) is 22.7 Å². The lowest BCUT2D eigenvalue weighted by Gasteiger charge is -2.09. The fourth-order valence-corrected chi connectivity index (χ4v) is 2.59. The number of rotatable bonds is 8. The summed E-state index contributed by atoms with van der Waals surface area (Å²) in [5, 5.41) is 9.54. The quantitative estimate of drug-likeness (QED) is 0.567. The summed E-state index contributed by atoms with van der Waals surface area (Å²) < 4.78 is 0. The molecule has 0 spiro atoms. The Kier molecular flexibility index (Phi) is 7.86. The molecule has 0 amide bonds. The fourth-order valence-electron chi connectivity index (χ4n) is 1.67. The van der Waals surface area contributed by atoms with E-state index in [2.05, 4.69) is 56.3 Å². The van der Waals surface area contributed by atoms with Gasteiger partial charge in [0.1, 0.15) is 0 Å². The Morgan fingerprint density at radius 1 is 1.17 bits per heavy atom. The number of hydrogen-bond donors (Lipinski definition) is 1. The summed E-state index contributed by atoms with van der Waals surface area (Å²) in [4.78, 5) is 0. The SMILES string of the molecule is CC(C)/C=C/[C@@H](CO)SCCCc1ccccc1. The highest BCUT2D eigenvalue weighted by Crippen LogP contribution is 2.15. The molecule has 0 fully saturated rings. The number of thioether (sulfide) groups is 1. The highest BCUT2D eigenvalue weighted by Gasteiger charge is 2.03. The zero-order valence-corrected chi connectivity index (χ0v) is 12.2. The minimum absolute atomic E-state index is 0.235.